The van der Waals surface area contributed by atoms with E-state index in [2.05, 4.69) is 33.4 Å². The van der Waals surface area contributed by atoms with Gasteiger partial charge in [0.25, 0.3) is 5.91 Å². The molecule has 5 aliphatic rings. The fourth-order valence-corrected chi connectivity index (χ4v) is 6.54. The van der Waals surface area contributed by atoms with E-state index in [1.54, 1.807) is 24.3 Å². The van der Waals surface area contributed by atoms with Crippen LogP contribution in [0.2, 0.25) is 0 Å². The van der Waals surface area contributed by atoms with Gasteiger partial charge in [-0.1, -0.05) is 28.1 Å². The van der Waals surface area contributed by atoms with Crippen molar-refractivity contribution < 1.29 is 14.4 Å². The second-order valence-electron chi connectivity index (χ2n) is 9.58. The smallest absolute Gasteiger partial charge is 0.255 e. The summed E-state index contributed by atoms with van der Waals surface area (Å²) in [5.74, 6) is 0.764. The van der Waals surface area contributed by atoms with E-state index in [1.807, 2.05) is 26.0 Å². The molecule has 0 unspecified atom stereocenters. The van der Waals surface area contributed by atoms with Gasteiger partial charge in [-0.05, 0) is 91.5 Å². The van der Waals surface area contributed by atoms with E-state index in [-0.39, 0.29) is 41.4 Å². The average Bonchev–Trinajstić information content (AvgIpc) is 3.55. The van der Waals surface area contributed by atoms with E-state index >= 15 is 0 Å². The molecular weight excluding hydrogens is 468 g/mol. The first-order chi connectivity index (χ1) is 15.3. The second-order valence-corrected chi connectivity index (χ2v) is 10.4. The summed E-state index contributed by atoms with van der Waals surface area (Å²) in [6.07, 6.45) is 5.50. The summed E-state index contributed by atoms with van der Waals surface area (Å²) >= 11 is 3.50. The summed E-state index contributed by atoms with van der Waals surface area (Å²) in [6, 6.07) is 10.7. The van der Waals surface area contributed by atoms with Crippen molar-refractivity contribution in [1.82, 2.24) is 0 Å². The highest BCUT2D eigenvalue weighted by molar-refractivity contribution is 9.10. The predicted molar refractivity (Wildman–Crippen MR) is 125 cm³/mol. The quantitative estimate of drug-likeness (QED) is 0.492. The number of rotatable bonds is 3. The lowest BCUT2D eigenvalue weighted by molar-refractivity contribution is -0.124. The Morgan fingerprint density at radius 3 is 2.12 bits per heavy atom. The molecule has 5 nitrogen and oxygen atoms in total. The first-order valence-electron chi connectivity index (χ1n) is 11.1. The molecule has 6 atom stereocenters. The molecule has 6 heteroatoms. The number of carbonyl (C=O) groups is 3. The van der Waals surface area contributed by atoms with E-state index in [1.165, 1.54) is 4.90 Å². The highest BCUT2D eigenvalue weighted by Gasteiger charge is 2.67. The van der Waals surface area contributed by atoms with Crippen LogP contribution in [0.5, 0.6) is 0 Å². The Kier molecular flexibility index (Phi) is 4.28. The fraction of sp³-hybridized carbons (Fsp3) is 0.346. The second kappa shape index (κ2) is 6.88. The molecular formula is C26H23BrN2O3. The first kappa shape index (κ1) is 19.9. The summed E-state index contributed by atoms with van der Waals surface area (Å²) in [5.41, 5.74) is 3.79. The third-order valence-electron chi connectivity index (χ3n) is 7.80. The van der Waals surface area contributed by atoms with Crippen molar-refractivity contribution in [2.45, 2.75) is 20.3 Å². The minimum Gasteiger partial charge on any atom is -0.322 e. The fourth-order valence-electron chi connectivity index (χ4n) is 6.08. The van der Waals surface area contributed by atoms with Crippen LogP contribution >= 0.6 is 15.9 Å². The lowest BCUT2D eigenvalue weighted by atomic mass is 9.63. The number of benzene rings is 2. The molecule has 0 radical (unpaired) electrons. The van der Waals surface area contributed by atoms with Gasteiger partial charge in [0.15, 0.2) is 0 Å². The van der Waals surface area contributed by atoms with Crippen molar-refractivity contribution in [2.24, 2.45) is 35.5 Å². The number of nitrogens with zero attached hydrogens (tertiary/aromatic N) is 1. The predicted octanol–water partition coefficient (Wildman–Crippen LogP) is 4.88. The lowest BCUT2D eigenvalue weighted by Crippen LogP contribution is -2.40. The van der Waals surface area contributed by atoms with Crippen LogP contribution in [0.4, 0.5) is 11.4 Å². The molecule has 1 N–H and O–H groups in total. The number of hydrogen-bond donors (Lipinski definition) is 1. The van der Waals surface area contributed by atoms with Crippen molar-refractivity contribution in [3.63, 3.8) is 0 Å². The molecule has 2 aromatic rings. The van der Waals surface area contributed by atoms with Crippen molar-refractivity contribution in [2.75, 3.05) is 10.2 Å². The van der Waals surface area contributed by atoms with Crippen molar-refractivity contribution >= 4 is 45.0 Å². The molecule has 162 valence electrons. The van der Waals surface area contributed by atoms with E-state index in [0.717, 1.165) is 27.7 Å². The number of anilines is 2. The van der Waals surface area contributed by atoms with Gasteiger partial charge in [-0.2, -0.15) is 0 Å². The molecule has 0 spiro atoms. The van der Waals surface area contributed by atoms with E-state index in [0.29, 0.717) is 23.1 Å². The van der Waals surface area contributed by atoms with Crippen molar-refractivity contribution in [1.29, 1.82) is 0 Å². The minimum absolute atomic E-state index is 0.0807. The van der Waals surface area contributed by atoms with E-state index < -0.39 is 0 Å². The summed E-state index contributed by atoms with van der Waals surface area (Å²) in [7, 11) is 0. The number of allylic oxidation sites excluding steroid dienone is 2. The molecule has 2 bridgehead atoms. The van der Waals surface area contributed by atoms with Crippen LogP contribution < -0.4 is 10.2 Å². The van der Waals surface area contributed by atoms with E-state index in [4.69, 9.17) is 0 Å². The maximum absolute atomic E-state index is 13.2. The average molecular weight is 491 g/mol. The minimum atomic E-state index is -0.226. The number of imide groups is 1. The molecule has 1 heterocycles. The van der Waals surface area contributed by atoms with Gasteiger partial charge < -0.3 is 5.32 Å². The van der Waals surface area contributed by atoms with Crippen molar-refractivity contribution in [3.05, 3.63) is 69.7 Å². The Morgan fingerprint density at radius 1 is 0.938 bits per heavy atom. The Morgan fingerprint density at radius 2 is 1.53 bits per heavy atom. The van der Waals surface area contributed by atoms with Gasteiger partial charge in [0.05, 0.1) is 17.5 Å². The molecule has 3 fully saturated rings. The van der Waals surface area contributed by atoms with E-state index in [9.17, 15) is 14.4 Å². The van der Waals surface area contributed by atoms with Gasteiger partial charge >= 0.3 is 0 Å². The molecule has 2 saturated carbocycles. The van der Waals surface area contributed by atoms with Crippen LogP contribution in [0.25, 0.3) is 0 Å². The molecule has 32 heavy (non-hydrogen) atoms. The number of nitrogens with one attached hydrogen (secondary N) is 1. The lowest BCUT2D eigenvalue weighted by Gasteiger charge is -2.37. The number of amides is 3. The number of aryl methyl sites for hydroxylation is 2. The maximum Gasteiger partial charge on any atom is 0.255 e. The van der Waals surface area contributed by atoms with Gasteiger partial charge in [-0.15, -0.1) is 0 Å². The largest absolute Gasteiger partial charge is 0.322 e. The molecule has 7 rings (SSSR count). The van der Waals surface area contributed by atoms with Gasteiger partial charge in [0.1, 0.15) is 0 Å². The zero-order chi connectivity index (χ0) is 22.3. The van der Waals surface area contributed by atoms with Gasteiger partial charge in [0.2, 0.25) is 11.8 Å². The Labute approximate surface area is 195 Å². The Hall–Kier alpha value is -2.73. The number of carbonyl (C=O) groups excluding carboxylic acids is 3. The normalized spacial score (nSPS) is 31.5. The molecule has 4 aliphatic carbocycles. The SMILES string of the molecule is Cc1cc(NC(=O)c2ccc(N3C(=O)[C@@H]4[C@H]5C=C[C@@H]([C@@H]6C[C@H]56)[C@@H]4C3=O)cc2)c(C)cc1Br. The number of halogens is 1. The standard InChI is InChI=1S/C26H23BrN2O3/c1-12-10-21(13(2)9-20(12)27)28-24(30)14-3-5-15(6-4-14)29-25(31)22-16-7-8-17(19-11-18(16)19)23(22)26(29)32/h3-10,16-19,22-23H,11H2,1-2H3,(H,28,30)/t16-,17-,18-,19+,22-,23+/m0/s1. The Balaban J connectivity index is 1.23. The molecule has 1 aliphatic heterocycles. The maximum atomic E-state index is 13.2. The first-order valence-corrected chi connectivity index (χ1v) is 11.9. The topological polar surface area (TPSA) is 66.5 Å². The molecule has 1 saturated heterocycles. The molecule has 2 aromatic carbocycles. The van der Waals surface area contributed by atoms with Crippen molar-refractivity contribution in [3.8, 4) is 0 Å². The van der Waals surface area contributed by atoms with Gasteiger partial charge in [0, 0.05) is 15.7 Å². The third kappa shape index (κ3) is 2.78. The van der Waals surface area contributed by atoms with Crippen LogP contribution in [0, 0.1) is 49.4 Å². The third-order valence-corrected chi connectivity index (χ3v) is 8.66. The van der Waals surface area contributed by atoms with Crippen LogP contribution in [0.15, 0.2) is 53.0 Å². The summed E-state index contributed by atoms with van der Waals surface area (Å²) in [4.78, 5) is 40.6. The van der Waals surface area contributed by atoms with Crippen LogP contribution in [-0.4, -0.2) is 17.7 Å². The van der Waals surface area contributed by atoms with Gasteiger partial charge in [-0.25, -0.2) is 0 Å². The summed E-state index contributed by atoms with van der Waals surface area (Å²) in [5, 5.41) is 2.96. The zero-order valence-electron chi connectivity index (χ0n) is 17.8. The van der Waals surface area contributed by atoms with Crippen LogP contribution in [-0.2, 0) is 9.59 Å². The molecule has 3 amide bonds. The zero-order valence-corrected chi connectivity index (χ0v) is 19.4. The van der Waals surface area contributed by atoms with Crippen LogP contribution in [0.1, 0.15) is 27.9 Å². The van der Waals surface area contributed by atoms with Gasteiger partial charge in [-0.3, -0.25) is 19.3 Å². The molecule has 0 aromatic heterocycles. The number of hydrogen-bond acceptors (Lipinski definition) is 3. The highest BCUT2D eigenvalue weighted by Crippen LogP contribution is 2.65. The Bertz CT molecular complexity index is 1180. The summed E-state index contributed by atoms with van der Waals surface area (Å²) in [6.45, 7) is 3.92. The highest BCUT2D eigenvalue weighted by atomic mass is 79.9. The summed E-state index contributed by atoms with van der Waals surface area (Å²) < 4.78 is 0.999. The van der Waals surface area contributed by atoms with Crippen LogP contribution in [0.3, 0.4) is 0 Å². The monoisotopic (exact) mass is 490 g/mol.